The van der Waals surface area contributed by atoms with Crippen LogP contribution in [0.1, 0.15) is 40.8 Å². The predicted octanol–water partition coefficient (Wildman–Crippen LogP) is 3.31. The first-order valence-corrected chi connectivity index (χ1v) is 11.5. The van der Waals surface area contributed by atoms with E-state index in [4.69, 9.17) is 14.8 Å². The van der Waals surface area contributed by atoms with Gasteiger partial charge < -0.3 is 14.8 Å². The van der Waals surface area contributed by atoms with Crippen LogP contribution < -0.4 is 4.73 Å². The third-order valence-electron chi connectivity index (χ3n) is 6.64. The van der Waals surface area contributed by atoms with Crippen molar-refractivity contribution in [1.29, 1.82) is 5.26 Å². The van der Waals surface area contributed by atoms with Crippen molar-refractivity contribution in [2.24, 2.45) is 5.16 Å². The number of nitrogens with zero attached hydrogens (tertiary/aromatic N) is 5. The SMILES string of the molecule is N#CCO/N=C(\c1ccc(F)c(F)c1)c1ccc(CN2CCC3(CC2)OCc2cc[n+]([O-])cc23)cn1. The summed E-state index contributed by atoms with van der Waals surface area (Å²) in [5.74, 6) is -1.99. The van der Waals surface area contributed by atoms with Crippen molar-refractivity contribution in [2.45, 2.75) is 31.6 Å². The topological polar surface area (TPSA) is 97.7 Å². The molecule has 1 spiro atoms. The second-order valence-electron chi connectivity index (χ2n) is 8.85. The molecule has 8 nitrogen and oxygen atoms in total. The number of ether oxygens (including phenoxy) is 1. The molecule has 2 aliphatic heterocycles. The molecule has 1 fully saturated rings. The molecule has 0 amide bonds. The van der Waals surface area contributed by atoms with Gasteiger partial charge in [0.25, 0.3) is 0 Å². The van der Waals surface area contributed by atoms with E-state index in [9.17, 15) is 14.0 Å². The summed E-state index contributed by atoms with van der Waals surface area (Å²) >= 11 is 0. The second-order valence-corrected chi connectivity index (χ2v) is 8.85. The first-order valence-electron chi connectivity index (χ1n) is 11.5. The Hall–Kier alpha value is -3.94. The Morgan fingerprint density at radius 3 is 2.78 bits per heavy atom. The van der Waals surface area contributed by atoms with Crippen LogP contribution in [0.15, 0.2) is 60.1 Å². The number of oxime groups is 1. The molecular formula is C26H23F2N5O3. The zero-order chi connectivity index (χ0) is 25.1. The van der Waals surface area contributed by atoms with Gasteiger partial charge in [-0.15, -0.1) is 0 Å². The number of rotatable bonds is 6. The van der Waals surface area contributed by atoms with Crippen LogP contribution >= 0.6 is 0 Å². The van der Waals surface area contributed by atoms with Crippen LogP contribution in [-0.2, 0) is 28.3 Å². The lowest BCUT2D eigenvalue weighted by Gasteiger charge is -2.38. The fraction of sp³-hybridized carbons (Fsp3) is 0.308. The minimum absolute atomic E-state index is 0.197. The van der Waals surface area contributed by atoms with E-state index in [1.807, 2.05) is 18.2 Å². The number of likely N-dealkylation sites (tertiary alicyclic amines) is 1. The smallest absolute Gasteiger partial charge is 0.202 e. The van der Waals surface area contributed by atoms with E-state index in [2.05, 4.69) is 15.0 Å². The molecule has 0 bridgehead atoms. The Balaban J connectivity index is 1.27. The van der Waals surface area contributed by atoms with E-state index in [0.29, 0.717) is 18.8 Å². The quantitative estimate of drug-likeness (QED) is 0.173. The molecule has 184 valence electrons. The van der Waals surface area contributed by atoms with Gasteiger partial charge in [-0.2, -0.15) is 9.99 Å². The average Bonchev–Trinajstić information content (AvgIpc) is 3.23. The van der Waals surface area contributed by atoms with Gasteiger partial charge in [0.05, 0.1) is 17.9 Å². The molecule has 4 heterocycles. The van der Waals surface area contributed by atoms with Gasteiger partial charge in [-0.05, 0) is 48.2 Å². The molecule has 0 saturated carbocycles. The largest absolute Gasteiger partial charge is 0.619 e. The number of benzene rings is 1. The summed E-state index contributed by atoms with van der Waals surface area (Å²) in [7, 11) is 0. The fourth-order valence-corrected chi connectivity index (χ4v) is 4.75. The number of hydrogen-bond acceptors (Lipinski definition) is 7. The van der Waals surface area contributed by atoms with E-state index in [0.717, 1.165) is 59.5 Å². The van der Waals surface area contributed by atoms with E-state index >= 15 is 0 Å². The number of piperidine rings is 1. The van der Waals surface area contributed by atoms with Crippen LogP contribution in [0.4, 0.5) is 8.78 Å². The van der Waals surface area contributed by atoms with Crippen molar-refractivity contribution in [3.63, 3.8) is 0 Å². The van der Waals surface area contributed by atoms with Crippen molar-refractivity contribution < 1.29 is 23.1 Å². The first-order chi connectivity index (χ1) is 17.5. The van der Waals surface area contributed by atoms with E-state index in [-0.39, 0.29) is 17.9 Å². The zero-order valence-corrected chi connectivity index (χ0v) is 19.4. The Bertz CT molecular complexity index is 1330. The lowest BCUT2D eigenvalue weighted by atomic mass is 9.84. The van der Waals surface area contributed by atoms with Gasteiger partial charge in [0.1, 0.15) is 17.4 Å². The summed E-state index contributed by atoms with van der Waals surface area (Å²) < 4.78 is 34.2. The molecule has 5 rings (SSSR count). The van der Waals surface area contributed by atoms with Crippen molar-refractivity contribution in [3.05, 3.63) is 99.8 Å². The second kappa shape index (κ2) is 9.97. The highest BCUT2D eigenvalue weighted by Gasteiger charge is 2.44. The number of halogens is 2. The zero-order valence-electron chi connectivity index (χ0n) is 19.4. The van der Waals surface area contributed by atoms with E-state index in [1.165, 1.54) is 12.3 Å². The normalized spacial score (nSPS) is 17.1. The summed E-state index contributed by atoms with van der Waals surface area (Å²) in [6.45, 7) is 2.53. The molecule has 1 saturated heterocycles. The van der Waals surface area contributed by atoms with Crippen LogP contribution in [0.3, 0.4) is 0 Å². The minimum atomic E-state index is -1.01. The van der Waals surface area contributed by atoms with Crippen LogP contribution in [0.5, 0.6) is 0 Å². The highest BCUT2D eigenvalue weighted by molar-refractivity contribution is 6.11. The molecule has 10 heteroatoms. The molecular weight excluding hydrogens is 468 g/mol. The molecule has 0 aliphatic carbocycles. The van der Waals surface area contributed by atoms with Crippen LogP contribution in [-0.4, -0.2) is 35.3 Å². The Morgan fingerprint density at radius 1 is 1.22 bits per heavy atom. The Morgan fingerprint density at radius 2 is 2.06 bits per heavy atom. The number of nitriles is 1. The van der Waals surface area contributed by atoms with Gasteiger partial charge in [0.2, 0.25) is 6.61 Å². The lowest BCUT2D eigenvalue weighted by Crippen LogP contribution is -2.43. The highest BCUT2D eigenvalue weighted by Crippen LogP contribution is 2.43. The van der Waals surface area contributed by atoms with Crippen LogP contribution in [0.25, 0.3) is 0 Å². The molecule has 2 aromatic heterocycles. The average molecular weight is 491 g/mol. The number of hydrogen-bond donors (Lipinski definition) is 0. The monoisotopic (exact) mass is 491 g/mol. The maximum atomic E-state index is 13.8. The van der Waals surface area contributed by atoms with Crippen molar-refractivity contribution in [3.8, 4) is 6.07 Å². The van der Waals surface area contributed by atoms with Gasteiger partial charge in [-0.25, -0.2) is 8.78 Å². The van der Waals surface area contributed by atoms with Gasteiger partial charge >= 0.3 is 0 Å². The minimum Gasteiger partial charge on any atom is -0.619 e. The molecule has 2 aliphatic rings. The molecule has 0 atom stereocenters. The third-order valence-corrected chi connectivity index (χ3v) is 6.64. The molecule has 36 heavy (non-hydrogen) atoms. The number of aromatic nitrogens is 2. The van der Waals surface area contributed by atoms with Crippen molar-refractivity contribution in [1.82, 2.24) is 9.88 Å². The molecule has 0 radical (unpaired) electrons. The number of pyridine rings is 2. The molecule has 1 aromatic carbocycles. The Kier molecular flexibility index (Phi) is 6.59. The van der Waals surface area contributed by atoms with Crippen molar-refractivity contribution >= 4 is 5.71 Å². The summed E-state index contributed by atoms with van der Waals surface area (Å²) in [4.78, 5) is 11.8. The molecule has 0 unspecified atom stereocenters. The molecule has 3 aromatic rings. The summed E-state index contributed by atoms with van der Waals surface area (Å²) in [6, 6.07) is 10.7. The maximum absolute atomic E-state index is 13.8. The maximum Gasteiger partial charge on any atom is 0.202 e. The van der Waals surface area contributed by atoms with E-state index < -0.39 is 17.2 Å². The predicted molar refractivity (Wildman–Crippen MR) is 124 cm³/mol. The van der Waals surface area contributed by atoms with Crippen LogP contribution in [0.2, 0.25) is 0 Å². The Labute approximate surface area is 206 Å². The van der Waals surface area contributed by atoms with Crippen molar-refractivity contribution in [2.75, 3.05) is 19.7 Å². The van der Waals surface area contributed by atoms with Crippen LogP contribution in [0, 0.1) is 28.2 Å². The standard InChI is InChI=1S/C26H23F2N5O3/c27-22-3-2-19(13-23(22)28)25(31-36-12-8-29)24-4-1-18(14-30-24)15-32-10-6-26(7-11-32)21-16-33(34)9-5-20(21)17-35-26/h1-5,9,13-14,16H,6-7,10-12,15,17H2/b31-25+. The summed E-state index contributed by atoms with van der Waals surface area (Å²) in [5.41, 5.74) is 3.53. The van der Waals surface area contributed by atoms with Gasteiger partial charge in [-0.3, -0.25) is 9.88 Å². The number of fused-ring (bicyclic) bond motifs is 2. The van der Waals surface area contributed by atoms with E-state index in [1.54, 1.807) is 18.5 Å². The lowest BCUT2D eigenvalue weighted by molar-refractivity contribution is -0.606. The fourth-order valence-electron chi connectivity index (χ4n) is 4.75. The first kappa shape index (κ1) is 23.8. The summed E-state index contributed by atoms with van der Waals surface area (Å²) in [6.07, 6.45) is 6.43. The van der Waals surface area contributed by atoms with Gasteiger partial charge in [0.15, 0.2) is 24.0 Å². The molecule has 0 N–H and O–H groups in total. The third kappa shape index (κ3) is 4.76. The summed E-state index contributed by atoms with van der Waals surface area (Å²) in [5, 5.41) is 24.5. The highest BCUT2D eigenvalue weighted by atomic mass is 19.2. The van der Waals surface area contributed by atoms with Gasteiger partial charge in [-0.1, -0.05) is 11.2 Å². The van der Waals surface area contributed by atoms with Gasteiger partial charge in [0, 0.05) is 37.5 Å².